The summed E-state index contributed by atoms with van der Waals surface area (Å²) in [7, 11) is 1.94. The first-order valence-corrected chi connectivity index (χ1v) is 6.56. The third kappa shape index (κ3) is 3.14. The van der Waals surface area contributed by atoms with Gasteiger partial charge >= 0.3 is 0 Å². The van der Waals surface area contributed by atoms with Crippen LogP contribution < -0.4 is 11.1 Å². The van der Waals surface area contributed by atoms with Gasteiger partial charge < -0.3 is 11.1 Å². The van der Waals surface area contributed by atoms with Crippen LogP contribution in [0, 0.1) is 6.92 Å². The summed E-state index contributed by atoms with van der Waals surface area (Å²) in [5.74, 6) is 1.08. The number of rotatable bonds is 6. The number of nitrogens with zero attached hydrogens (tertiary/aromatic N) is 4. The number of anilines is 2. The van der Waals surface area contributed by atoms with Crippen LogP contribution in [0.3, 0.4) is 0 Å². The first-order chi connectivity index (χ1) is 9.61. The maximum Gasteiger partial charge on any atom is 0.222 e. The van der Waals surface area contributed by atoms with Crippen LogP contribution in [0.1, 0.15) is 17.0 Å². The lowest BCUT2D eigenvalue weighted by Crippen LogP contribution is -2.13. The van der Waals surface area contributed by atoms with Crippen molar-refractivity contribution in [2.45, 2.75) is 19.8 Å². The molecule has 0 aromatic carbocycles. The molecule has 2 rings (SSSR count). The van der Waals surface area contributed by atoms with Crippen LogP contribution in [-0.4, -0.2) is 26.3 Å². The highest BCUT2D eigenvalue weighted by Gasteiger charge is 2.09. The molecule has 106 valence electrons. The third-order valence-corrected chi connectivity index (χ3v) is 3.18. The molecule has 0 aliphatic carbocycles. The fourth-order valence-corrected chi connectivity index (χ4v) is 2.11. The summed E-state index contributed by atoms with van der Waals surface area (Å²) in [5.41, 5.74) is 8.81. The molecule has 0 amide bonds. The summed E-state index contributed by atoms with van der Waals surface area (Å²) >= 11 is 0. The topological polar surface area (TPSA) is 81.7 Å². The van der Waals surface area contributed by atoms with Crippen LogP contribution >= 0.6 is 0 Å². The lowest BCUT2D eigenvalue weighted by Gasteiger charge is -2.12. The van der Waals surface area contributed by atoms with Gasteiger partial charge in [0.25, 0.3) is 0 Å². The van der Waals surface area contributed by atoms with E-state index in [0.29, 0.717) is 5.95 Å². The number of allylic oxidation sites excluding steroid dienone is 1. The van der Waals surface area contributed by atoms with Crippen molar-refractivity contribution in [2.75, 3.05) is 17.6 Å². The average Bonchev–Trinajstić information content (AvgIpc) is 2.79. The minimum atomic E-state index is 0.290. The van der Waals surface area contributed by atoms with Crippen LogP contribution in [0.2, 0.25) is 0 Å². The molecule has 6 heteroatoms. The predicted molar refractivity (Wildman–Crippen MR) is 80.5 cm³/mol. The van der Waals surface area contributed by atoms with E-state index in [1.54, 1.807) is 6.20 Å². The van der Waals surface area contributed by atoms with Crippen molar-refractivity contribution < 1.29 is 0 Å². The second-order valence-corrected chi connectivity index (χ2v) is 4.61. The number of aryl methyl sites for hydroxylation is 2. The van der Waals surface area contributed by atoms with Crippen molar-refractivity contribution in [3.05, 3.63) is 41.9 Å². The molecule has 0 fully saturated rings. The van der Waals surface area contributed by atoms with Gasteiger partial charge in [-0.05, 0) is 19.4 Å². The van der Waals surface area contributed by atoms with E-state index in [-0.39, 0.29) is 0 Å². The zero-order valence-corrected chi connectivity index (χ0v) is 11.9. The van der Waals surface area contributed by atoms with Crippen molar-refractivity contribution >= 4 is 11.8 Å². The molecular formula is C14H20N6. The van der Waals surface area contributed by atoms with Gasteiger partial charge in [-0.3, -0.25) is 4.68 Å². The fourth-order valence-electron chi connectivity index (χ4n) is 2.11. The van der Waals surface area contributed by atoms with Crippen molar-refractivity contribution in [3.8, 4) is 0 Å². The molecule has 0 bridgehead atoms. The minimum absolute atomic E-state index is 0.290. The lowest BCUT2D eigenvalue weighted by molar-refractivity contribution is 0.710. The van der Waals surface area contributed by atoms with Crippen LogP contribution in [0.25, 0.3) is 0 Å². The molecule has 0 aliphatic heterocycles. The highest BCUT2D eigenvalue weighted by molar-refractivity contribution is 5.50. The Bertz CT molecular complexity index is 602. The van der Waals surface area contributed by atoms with Gasteiger partial charge in [-0.25, -0.2) is 4.98 Å². The molecule has 2 aromatic rings. The summed E-state index contributed by atoms with van der Waals surface area (Å²) < 4.78 is 1.87. The lowest BCUT2D eigenvalue weighted by atomic mass is 10.1. The SMILES string of the molecule is C=CCc1c(C)nc(N)nc1NCCc1ccnn1C. The molecule has 0 radical (unpaired) electrons. The molecule has 0 saturated carbocycles. The van der Waals surface area contributed by atoms with E-state index in [1.165, 1.54) is 5.69 Å². The van der Waals surface area contributed by atoms with E-state index < -0.39 is 0 Å². The Balaban J connectivity index is 2.08. The van der Waals surface area contributed by atoms with Gasteiger partial charge in [0.05, 0.1) is 0 Å². The van der Waals surface area contributed by atoms with Gasteiger partial charge in [0.15, 0.2) is 0 Å². The van der Waals surface area contributed by atoms with Crippen LogP contribution in [0.15, 0.2) is 24.9 Å². The largest absolute Gasteiger partial charge is 0.369 e. The van der Waals surface area contributed by atoms with Crippen molar-refractivity contribution in [1.29, 1.82) is 0 Å². The second-order valence-electron chi connectivity index (χ2n) is 4.61. The van der Waals surface area contributed by atoms with E-state index in [2.05, 4.69) is 27.0 Å². The predicted octanol–water partition coefficient (Wildman–Crippen LogP) is 1.48. The molecule has 20 heavy (non-hydrogen) atoms. The fraction of sp³-hybridized carbons (Fsp3) is 0.357. The second kappa shape index (κ2) is 6.18. The van der Waals surface area contributed by atoms with Crippen molar-refractivity contribution in [2.24, 2.45) is 7.05 Å². The van der Waals surface area contributed by atoms with Crippen LogP contribution in [-0.2, 0) is 19.9 Å². The third-order valence-electron chi connectivity index (χ3n) is 3.18. The molecule has 0 unspecified atom stereocenters. The number of nitrogens with one attached hydrogen (secondary N) is 1. The van der Waals surface area contributed by atoms with Gasteiger partial charge in [0.2, 0.25) is 5.95 Å². The molecule has 6 nitrogen and oxygen atoms in total. The highest BCUT2D eigenvalue weighted by atomic mass is 15.3. The number of hydrogen-bond acceptors (Lipinski definition) is 5. The van der Waals surface area contributed by atoms with Gasteiger partial charge in [-0.2, -0.15) is 10.1 Å². The molecule has 0 saturated heterocycles. The van der Waals surface area contributed by atoms with Gasteiger partial charge in [-0.1, -0.05) is 6.08 Å². The molecule has 2 aromatic heterocycles. The van der Waals surface area contributed by atoms with Crippen LogP contribution in [0.5, 0.6) is 0 Å². The van der Waals surface area contributed by atoms with E-state index in [4.69, 9.17) is 5.73 Å². The zero-order chi connectivity index (χ0) is 14.5. The first-order valence-electron chi connectivity index (χ1n) is 6.56. The Morgan fingerprint density at radius 2 is 2.25 bits per heavy atom. The number of hydrogen-bond donors (Lipinski definition) is 2. The van der Waals surface area contributed by atoms with E-state index in [9.17, 15) is 0 Å². The maximum absolute atomic E-state index is 5.71. The molecular weight excluding hydrogens is 252 g/mol. The number of nitrogens with two attached hydrogens (primary N) is 1. The Morgan fingerprint density at radius 3 is 2.90 bits per heavy atom. The minimum Gasteiger partial charge on any atom is -0.369 e. The van der Waals surface area contributed by atoms with Crippen molar-refractivity contribution in [3.63, 3.8) is 0 Å². The summed E-state index contributed by atoms with van der Waals surface area (Å²) in [6, 6.07) is 2.01. The van der Waals surface area contributed by atoms with E-state index in [0.717, 1.165) is 36.5 Å². The normalized spacial score (nSPS) is 10.5. The number of nitrogen functional groups attached to an aromatic ring is 1. The Morgan fingerprint density at radius 1 is 1.45 bits per heavy atom. The maximum atomic E-state index is 5.71. The summed E-state index contributed by atoms with van der Waals surface area (Å²) in [5, 5.41) is 7.47. The van der Waals surface area contributed by atoms with Gasteiger partial charge in [0.1, 0.15) is 5.82 Å². The molecule has 2 heterocycles. The molecule has 0 atom stereocenters. The van der Waals surface area contributed by atoms with E-state index in [1.807, 2.05) is 30.8 Å². The highest BCUT2D eigenvalue weighted by Crippen LogP contribution is 2.18. The summed E-state index contributed by atoms with van der Waals surface area (Å²) in [6.07, 6.45) is 5.23. The zero-order valence-electron chi connectivity index (χ0n) is 11.9. The number of aromatic nitrogens is 4. The molecule has 0 aliphatic rings. The Hall–Kier alpha value is -2.37. The summed E-state index contributed by atoms with van der Waals surface area (Å²) in [4.78, 5) is 8.47. The Kier molecular flexibility index (Phi) is 4.34. The van der Waals surface area contributed by atoms with Crippen molar-refractivity contribution in [1.82, 2.24) is 19.7 Å². The standard InChI is InChI=1S/C14H20N6/c1-4-5-12-10(2)18-14(15)19-13(12)16-8-6-11-7-9-17-20(11)3/h4,7,9H,1,5-6,8H2,2-3H3,(H3,15,16,18,19). The van der Waals surface area contributed by atoms with Gasteiger partial charge in [0, 0.05) is 43.2 Å². The van der Waals surface area contributed by atoms with Gasteiger partial charge in [-0.15, -0.1) is 6.58 Å². The Labute approximate surface area is 118 Å². The molecule has 3 N–H and O–H groups in total. The molecule has 0 spiro atoms. The average molecular weight is 272 g/mol. The smallest absolute Gasteiger partial charge is 0.222 e. The first kappa shape index (κ1) is 14.0. The quantitative estimate of drug-likeness (QED) is 0.778. The van der Waals surface area contributed by atoms with Crippen LogP contribution in [0.4, 0.5) is 11.8 Å². The summed E-state index contributed by atoms with van der Waals surface area (Å²) in [6.45, 7) is 6.46. The van der Waals surface area contributed by atoms with E-state index >= 15 is 0 Å². The monoisotopic (exact) mass is 272 g/mol.